The second kappa shape index (κ2) is 6.29. The molecule has 0 aliphatic carbocycles. The SMILES string of the molecule is Cc1nn(C)cc1S(=O)(=O)N[C@@H]1CCCN(c2ccccn2)C1. The van der Waals surface area contributed by atoms with Gasteiger partial charge in [-0.2, -0.15) is 5.10 Å². The Labute approximate surface area is 136 Å². The van der Waals surface area contributed by atoms with Crippen LogP contribution in [0.3, 0.4) is 0 Å². The van der Waals surface area contributed by atoms with Gasteiger partial charge >= 0.3 is 0 Å². The molecule has 0 spiro atoms. The average molecular weight is 335 g/mol. The first-order valence-electron chi connectivity index (χ1n) is 7.64. The molecule has 2 aromatic rings. The highest BCUT2D eigenvalue weighted by Crippen LogP contribution is 2.20. The zero-order valence-electron chi connectivity index (χ0n) is 13.3. The molecule has 0 aromatic carbocycles. The number of hydrogen-bond donors (Lipinski definition) is 1. The number of anilines is 1. The maximum absolute atomic E-state index is 12.6. The minimum absolute atomic E-state index is 0.129. The normalized spacial score (nSPS) is 19.0. The van der Waals surface area contributed by atoms with Crippen molar-refractivity contribution in [2.75, 3.05) is 18.0 Å². The van der Waals surface area contributed by atoms with E-state index in [0.717, 1.165) is 25.2 Å². The average Bonchev–Trinajstić information content (AvgIpc) is 2.88. The maximum atomic E-state index is 12.6. The Morgan fingerprint density at radius 3 is 2.83 bits per heavy atom. The number of rotatable bonds is 4. The van der Waals surface area contributed by atoms with Crippen molar-refractivity contribution in [2.24, 2.45) is 7.05 Å². The lowest BCUT2D eigenvalue weighted by Crippen LogP contribution is -2.48. The molecule has 8 heteroatoms. The molecule has 0 unspecified atom stereocenters. The number of pyridine rings is 1. The number of sulfonamides is 1. The zero-order chi connectivity index (χ0) is 16.4. The smallest absolute Gasteiger partial charge is 0.244 e. The van der Waals surface area contributed by atoms with E-state index >= 15 is 0 Å². The van der Waals surface area contributed by atoms with E-state index in [1.165, 1.54) is 10.9 Å². The predicted molar refractivity (Wildman–Crippen MR) is 87.7 cm³/mol. The molecule has 124 valence electrons. The van der Waals surface area contributed by atoms with Crippen LogP contribution in [0.1, 0.15) is 18.5 Å². The zero-order valence-corrected chi connectivity index (χ0v) is 14.1. The molecule has 1 fully saturated rings. The Morgan fingerprint density at radius 2 is 2.17 bits per heavy atom. The molecule has 1 aliphatic heterocycles. The number of nitrogens with one attached hydrogen (secondary N) is 1. The van der Waals surface area contributed by atoms with Crippen LogP contribution in [0, 0.1) is 6.92 Å². The Balaban J connectivity index is 1.74. The van der Waals surface area contributed by atoms with Gasteiger partial charge in [-0.1, -0.05) is 6.07 Å². The summed E-state index contributed by atoms with van der Waals surface area (Å²) in [5, 5.41) is 4.11. The molecule has 0 radical (unpaired) electrons. The van der Waals surface area contributed by atoms with Gasteiger partial charge in [-0.25, -0.2) is 18.1 Å². The summed E-state index contributed by atoms with van der Waals surface area (Å²) < 4.78 is 29.5. The van der Waals surface area contributed by atoms with Gasteiger partial charge in [0.25, 0.3) is 0 Å². The maximum Gasteiger partial charge on any atom is 0.244 e. The first kappa shape index (κ1) is 15.9. The summed E-state index contributed by atoms with van der Waals surface area (Å²) in [6.45, 7) is 3.21. The van der Waals surface area contributed by atoms with Crippen LogP contribution in [0.4, 0.5) is 5.82 Å². The number of hydrogen-bond acceptors (Lipinski definition) is 5. The van der Waals surface area contributed by atoms with Crippen molar-refractivity contribution in [2.45, 2.75) is 30.7 Å². The van der Waals surface area contributed by atoms with E-state index < -0.39 is 10.0 Å². The Hall–Kier alpha value is -1.93. The monoisotopic (exact) mass is 335 g/mol. The van der Waals surface area contributed by atoms with E-state index in [1.807, 2.05) is 18.2 Å². The van der Waals surface area contributed by atoms with Crippen molar-refractivity contribution in [3.05, 3.63) is 36.3 Å². The standard InChI is InChI=1S/C15H21N5O2S/c1-12-14(11-19(2)17-12)23(21,22)18-13-6-5-9-20(10-13)15-7-3-4-8-16-15/h3-4,7-8,11,13,18H,5-6,9-10H2,1-2H3/t13-/m1/s1. The third kappa shape index (κ3) is 3.53. The van der Waals surface area contributed by atoms with Gasteiger partial charge in [-0.3, -0.25) is 4.68 Å². The Kier molecular flexibility index (Phi) is 4.36. The fourth-order valence-corrected chi connectivity index (χ4v) is 4.43. The van der Waals surface area contributed by atoms with Gasteiger partial charge in [0.05, 0.1) is 5.69 Å². The summed E-state index contributed by atoms with van der Waals surface area (Å²) in [7, 11) is -1.84. The van der Waals surface area contributed by atoms with Gasteiger partial charge in [0, 0.05) is 38.6 Å². The van der Waals surface area contributed by atoms with Crippen molar-refractivity contribution in [1.29, 1.82) is 0 Å². The van der Waals surface area contributed by atoms with Crippen LogP contribution in [0.2, 0.25) is 0 Å². The summed E-state index contributed by atoms with van der Waals surface area (Å²) in [4.78, 5) is 6.71. The quantitative estimate of drug-likeness (QED) is 0.904. The second-order valence-electron chi connectivity index (χ2n) is 5.85. The van der Waals surface area contributed by atoms with Crippen molar-refractivity contribution >= 4 is 15.8 Å². The molecule has 2 aromatic heterocycles. The summed E-state index contributed by atoms with van der Waals surface area (Å²) in [6, 6.07) is 5.63. The van der Waals surface area contributed by atoms with Crippen molar-refractivity contribution in [3.63, 3.8) is 0 Å². The molecule has 1 N–H and O–H groups in total. The first-order chi connectivity index (χ1) is 11.0. The molecule has 0 amide bonds. The number of nitrogens with zero attached hydrogens (tertiary/aromatic N) is 4. The minimum Gasteiger partial charge on any atom is -0.355 e. The Morgan fingerprint density at radius 1 is 1.35 bits per heavy atom. The summed E-state index contributed by atoms with van der Waals surface area (Å²) in [6.07, 6.45) is 5.04. The summed E-state index contributed by atoms with van der Waals surface area (Å²) >= 11 is 0. The van der Waals surface area contributed by atoms with Crippen LogP contribution in [-0.4, -0.2) is 42.3 Å². The molecule has 0 saturated carbocycles. The van der Waals surface area contributed by atoms with Crippen molar-refractivity contribution in [3.8, 4) is 0 Å². The van der Waals surface area contributed by atoms with Gasteiger partial charge in [0.15, 0.2) is 0 Å². The van der Waals surface area contributed by atoms with Crippen LogP contribution in [-0.2, 0) is 17.1 Å². The van der Waals surface area contributed by atoms with Crippen molar-refractivity contribution in [1.82, 2.24) is 19.5 Å². The van der Waals surface area contributed by atoms with E-state index in [4.69, 9.17) is 0 Å². The topological polar surface area (TPSA) is 80.1 Å². The van der Waals surface area contributed by atoms with E-state index in [-0.39, 0.29) is 10.9 Å². The van der Waals surface area contributed by atoms with Crippen LogP contribution in [0.15, 0.2) is 35.5 Å². The fraction of sp³-hybridized carbons (Fsp3) is 0.467. The lowest BCUT2D eigenvalue weighted by atomic mass is 10.1. The second-order valence-corrected chi connectivity index (χ2v) is 7.53. The third-order valence-electron chi connectivity index (χ3n) is 3.97. The molecule has 7 nitrogen and oxygen atoms in total. The summed E-state index contributed by atoms with van der Waals surface area (Å²) in [5.41, 5.74) is 0.511. The largest absolute Gasteiger partial charge is 0.355 e. The molecule has 3 rings (SSSR count). The van der Waals surface area contributed by atoms with Gasteiger partial charge in [-0.15, -0.1) is 0 Å². The minimum atomic E-state index is -3.56. The van der Waals surface area contributed by atoms with Gasteiger partial charge < -0.3 is 4.90 Å². The molecule has 3 heterocycles. The lowest BCUT2D eigenvalue weighted by molar-refractivity contribution is 0.464. The first-order valence-corrected chi connectivity index (χ1v) is 9.12. The van der Waals surface area contributed by atoms with E-state index in [1.54, 1.807) is 20.2 Å². The molecular weight excluding hydrogens is 314 g/mol. The van der Waals surface area contributed by atoms with Gasteiger partial charge in [-0.05, 0) is 31.9 Å². The lowest BCUT2D eigenvalue weighted by Gasteiger charge is -2.33. The highest BCUT2D eigenvalue weighted by Gasteiger charge is 2.27. The highest BCUT2D eigenvalue weighted by atomic mass is 32.2. The summed E-state index contributed by atoms with van der Waals surface area (Å²) in [5.74, 6) is 0.883. The Bertz CT molecular complexity index is 772. The van der Waals surface area contributed by atoms with E-state index in [2.05, 4.69) is 19.7 Å². The van der Waals surface area contributed by atoms with Crippen LogP contribution in [0.5, 0.6) is 0 Å². The molecule has 1 atom stereocenters. The van der Waals surface area contributed by atoms with Crippen LogP contribution >= 0.6 is 0 Å². The fourth-order valence-electron chi connectivity index (χ4n) is 2.95. The highest BCUT2D eigenvalue weighted by molar-refractivity contribution is 7.89. The number of aromatic nitrogens is 3. The van der Waals surface area contributed by atoms with Gasteiger partial charge in [0.1, 0.15) is 10.7 Å². The predicted octanol–water partition coefficient (Wildman–Crippen LogP) is 1.07. The molecular formula is C15H21N5O2S. The van der Waals surface area contributed by atoms with Crippen molar-refractivity contribution < 1.29 is 8.42 Å². The molecule has 1 aliphatic rings. The number of aryl methyl sites for hydroxylation is 2. The van der Waals surface area contributed by atoms with E-state index in [0.29, 0.717) is 12.2 Å². The molecule has 1 saturated heterocycles. The van der Waals surface area contributed by atoms with Gasteiger partial charge in [0.2, 0.25) is 10.0 Å². The van der Waals surface area contributed by atoms with Crippen LogP contribution < -0.4 is 9.62 Å². The number of piperidine rings is 1. The molecule has 23 heavy (non-hydrogen) atoms. The van der Waals surface area contributed by atoms with E-state index in [9.17, 15) is 8.42 Å². The van der Waals surface area contributed by atoms with Crippen LogP contribution in [0.25, 0.3) is 0 Å². The third-order valence-corrected chi connectivity index (χ3v) is 5.60. The molecule has 0 bridgehead atoms.